The molecule has 0 aliphatic rings. The van der Waals surface area contributed by atoms with E-state index in [9.17, 15) is 4.79 Å². The molecule has 3 rings (SSSR count). The fourth-order valence-electron chi connectivity index (χ4n) is 2.52. The highest BCUT2D eigenvalue weighted by atomic mass is 16.5. The van der Waals surface area contributed by atoms with Crippen molar-refractivity contribution >= 4 is 16.8 Å². The smallest absolute Gasteiger partial charge is 0.270 e. The number of pyridine rings is 1. The van der Waals surface area contributed by atoms with Gasteiger partial charge in [0.05, 0.1) is 12.6 Å². The number of fused-ring (bicyclic) bond motifs is 1. The Morgan fingerprint density at radius 2 is 1.96 bits per heavy atom. The fraction of sp³-hybridized carbons (Fsp3) is 0.158. The number of para-hydroxylation sites is 1. The second-order valence-corrected chi connectivity index (χ2v) is 5.40. The molecular formula is C19H18N2O2. The first kappa shape index (κ1) is 15.0. The van der Waals surface area contributed by atoms with Crippen LogP contribution < -0.4 is 10.1 Å². The van der Waals surface area contributed by atoms with Gasteiger partial charge in [-0.15, -0.1) is 0 Å². The quantitative estimate of drug-likeness (QED) is 0.803. The highest BCUT2D eigenvalue weighted by molar-refractivity contribution is 5.96. The minimum Gasteiger partial charge on any atom is -0.496 e. The number of amides is 1. The summed E-state index contributed by atoms with van der Waals surface area (Å²) in [5.74, 6) is 0.437. The number of aryl methyl sites for hydroxylation is 1. The van der Waals surface area contributed by atoms with Crippen LogP contribution in [0.1, 0.15) is 21.6 Å². The molecule has 0 unspecified atom stereocenters. The van der Waals surface area contributed by atoms with Crippen LogP contribution in [0.3, 0.4) is 0 Å². The summed E-state index contributed by atoms with van der Waals surface area (Å²) in [4.78, 5) is 16.8. The van der Waals surface area contributed by atoms with Gasteiger partial charge in [0, 0.05) is 18.0 Å². The van der Waals surface area contributed by atoms with E-state index in [1.165, 1.54) is 5.56 Å². The Bertz CT molecular complexity index is 859. The lowest BCUT2D eigenvalue weighted by molar-refractivity contribution is 0.0946. The highest BCUT2D eigenvalue weighted by Crippen LogP contribution is 2.24. The molecule has 0 fully saturated rings. The average molecular weight is 306 g/mol. The standard InChI is InChI=1S/C19H18N2O2/c1-13-6-5-7-14(10-13)12-20-19(22)17-11-18(23-2)15-8-3-4-9-16(15)21-17/h3-11H,12H2,1-2H3,(H,20,22). The third-order valence-electron chi connectivity index (χ3n) is 3.67. The molecule has 0 atom stereocenters. The number of aromatic nitrogens is 1. The van der Waals surface area contributed by atoms with Crippen LogP contribution >= 0.6 is 0 Å². The molecule has 2 aromatic carbocycles. The largest absolute Gasteiger partial charge is 0.496 e. The monoisotopic (exact) mass is 306 g/mol. The molecule has 0 aliphatic heterocycles. The van der Waals surface area contributed by atoms with Crippen LogP contribution in [0.5, 0.6) is 5.75 Å². The van der Waals surface area contributed by atoms with Crippen molar-refractivity contribution in [3.63, 3.8) is 0 Å². The molecule has 0 saturated heterocycles. The zero-order valence-electron chi connectivity index (χ0n) is 13.2. The van der Waals surface area contributed by atoms with E-state index in [0.717, 1.165) is 16.5 Å². The number of ether oxygens (including phenoxy) is 1. The Morgan fingerprint density at radius 3 is 2.74 bits per heavy atom. The van der Waals surface area contributed by atoms with Crippen LogP contribution in [0, 0.1) is 6.92 Å². The van der Waals surface area contributed by atoms with Crippen molar-refractivity contribution in [1.82, 2.24) is 10.3 Å². The van der Waals surface area contributed by atoms with Crippen molar-refractivity contribution in [2.75, 3.05) is 7.11 Å². The molecule has 0 aliphatic carbocycles. The van der Waals surface area contributed by atoms with Crippen molar-refractivity contribution in [1.29, 1.82) is 0 Å². The number of nitrogens with one attached hydrogen (secondary N) is 1. The van der Waals surface area contributed by atoms with Gasteiger partial charge in [-0.1, -0.05) is 42.0 Å². The van der Waals surface area contributed by atoms with Gasteiger partial charge in [0.2, 0.25) is 0 Å². The minimum absolute atomic E-state index is 0.212. The van der Waals surface area contributed by atoms with Gasteiger partial charge in [-0.25, -0.2) is 4.98 Å². The van der Waals surface area contributed by atoms with Gasteiger partial charge in [0.1, 0.15) is 11.4 Å². The van der Waals surface area contributed by atoms with E-state index in [4.69, 9.17) is 4.74 Å². The second kappa shape index (κ2) is 6.48. The van der Waals surface area contributed by atoms with E-state index in [1.54, 1.807) is 13.2 Å². The third-order valence-corrected chi connectivity index (χ3v) is 3.67. The number of carbonyl (C=O) groups is 1. The fourth-order valence-corrected chi connectivity index (χ4v) is 2.52. The molecule has 23 heavy (non-hydrogen) atoms. The van der Waals surface area contributed by atoms with Crippen molar-refractivity contribution in [3.05, 3.63) is 71.4 Å². The first-order chi connectivity index (χ1) is 11.2. The lowest BCUT2D eigenvalue weighted by Crippen LogP contribution is -2.24. The zero-order chi connectivity index (χ0) is 16.2. The van der Waals surface area contributed by atoms with E-state index >= 15 is 0 Å². The van der Waals surface area contributed by atoms with Crippen LogP contribution in [-0.2, 0) is 6.54 Å². The predicted octanol–water partition coefficient (Wildman–Crippen LogP) is 3.48. The Hall–Kier alpha value is -2.88. The minimum atomic E-state index is -0.212. The normalized spacial score (nSPS) is 10.5. The van der Waals surface area contributed by atoms with E-state index in [0.29, 0.717) is 18.0 Å². The highest BCUT2D eigenvalue weighted by Gasteiger charge is 2.12. The third kappa shape index (κ3) is 3.31. The molecule has 3 aromatic rings. The summed E-state index contributed by atoms with van der Waals surface area (Å²) < 4.78 is 5.38. The van der Waals surface area contributed by atoms with Gasteiger partial charge in [0.25, 0.3) is 5.91 Å². The number of nitrogens with zero attached hydrogens (tertiary/aromatic N) is 1. The second-order valence-electron chi connectivity index (χ2n) is 5.40. The summed E-state index contributed by atoms with van der Waals surface area (Å²) in [7, 11) is 1.59. The summed E-state index contributed by atoms with van der Waals surface area (Å²) >= 11 is 0. The van der Waals surface area contributed by atoms with Crippen molar-refractivity contribution in [3.8, 4) is 5.75 Å². The van der Waals surface area contributed by atoms with Gasteiger partial charge in [-0.2, -0.15) is 0 Å². The molecule has 1 heterocycles. The number of methoxy groups -OCH3 is 1. The van der Waals surface area contributed by atoms with Crippen LogP contribution in [0.25, 0.3) is 10.9 Å². The summed E-state index contributed by atoms with van der Waals surface area (Å²) in [5.41, 5.74) is 3.33. The summed E-state index contributed by atoms with van der Waals surface area (Å²) in [6, 6.07) is 17.3. The zero-order valence-corrected chi connectivity index (χ0v) is 13.2. The van der Waals surface area contributed by atoms with Crippen LogP contribution in [0.4, 0.5) is 0 Å². The van der Waals surface area contributed by atoms with Gasteiger partial charge in [-0.05, 0) is 24.6 Å². The predicted molar refractivity (Wildman–Crippen MR) is 90.6 cm³/mol. The Balaban J connectivity index is 1.83. The number of hydrogen-bond donors (Lipinski definition) is 1. The van der Waals surface area contributed by atoms with E-state index in [1.807, 2.05) is 49.4 Å². The lowest BCUT2D eigenvalue weighted by atomic mass is 10.1. The Kier molecular flexibility index (Phi) is 4.24. The summed E-state index contributed by atoms with van der Waals surface area (Å²) in [6.07, 6.45) is 0. The molecule has 0 saturated carbocycles. The average Bonchev–Trinajstić information content (AvgIpc) is 2.58. The van der Waals surface area contributed by atoms with E-state index < -0.39 is 0 Å². The van der Waals surface area contributed by atoms with Crippen LogP contribution in [0.2, 0.25) is 0 Å². The van der Waals surface area contributed by atoms with Gasteiger partial charge in [-0.3, -0.25) is 4.79 Å². The number of carbonyl (C=O) groups excluding carboxylic acids is 1. The summed E-state index contributed by atoms with van der Waals surface area (Å²) in [6.45, 7) is 2.50. The molecule has 116 valence electrons. The van der Waals surface area contributed by atoms with Gasteiger partial charge >= 0.3 is 0 Å². The molecule has 1 aromatic heterocycles. The number of benzene rings is 2. The maximum Gasteiger partial charge on any atom is 0.270 e. The van der Waals surface area contributed by atoms with E-state index in [2.05, 4.69) is 16.4 Å². The Labute approximate surface area is 135 Å². The number of hydrogen-bond acceptors (Lipinski definition) is 3. The molecular weight excluding hydrogens is 288 g/mol. The SMILES string of the molecule is COc1cc(C(=O)NCc2cccc(C)c2)nc2ccccc12. The van der Waals surface area contributed by atoms with Gasteiger partial charge < -0.3 is 10.1 Å². The topological polar surface area (TPSA) is 51.2 Å². The molecule has 0 spiro atoms. The van der Waals surface area contributed by atoms with Crippen molar-refractivity contribution in [2.45, 2.75) is 13.5 Å². The van der Waals surface area contributed by atoms with Crippen molar-refractivity contribution < 1.29 is 9.53 Å². The lowest BCUT2D eigenvalue weighted by Gasteiger charge is -2.09. The first-order valence-electron chi connectivity index (χ1n) is 7.45. The number of rotatable bonds is 4. The molecule has 0 bridgehead atoms. The maximum atomic E-state index is 12.4. The first-order valence-corrected chi connectivity index (χ1v) is 7.45. The molecule has 1 amide bonds. The van der Waals surface area contributed by atoms with Crippen LogP contribution in [-0.4, -0.2) is 18.0 Å². The molecule has 4 heteroatoms. The molecule has 4 nitrogen and oxygen atoms in total. The molecule has 0 radical (unpaired) electrons. The Morgan fingerprint density at radius 1 is 1.13 bits per heavy atom. The van der Waals surface area contributed by atoms with Crippen LogP contribution in [0.15, 0.2) is 54.6 Å². The van der Waals surface area contributed by atoms with Gasteiger partial charge in [0.15, 0.2) is 0 Å². The maximum absolute atomic E-state index is 12.4. The molecule has 1 N–H and O–H groups in total. The van der Waals surface area contributed by atoms with Crippen molar-refractivity contribution in [2.24, 2.45) is 0 Å². The summed E-state index contributed by atoms with van der Waals surface area (Å²) in [5, 5.41) is 3.80. The van der Waals surface area contributed by atoms with E-state index in [-0.39, 0.29) is 5.91 Å².